The van der Waals surface area contributed by atoms with Crippen LogP contribution in [0.25, 0.3) is 10.8 Å². The Labute approximate surface area is 131 Å². The van der Waals surface area contributed by atoms with Crippen LogP contribution in [-0.4, -0.2) is 46.5 Å². The second-order valence-corrected chi connectivity index (χ2v) is 4.92. The first-order valence-corrected chi connectivity index (χ1v) is 6.91. The summed E-state index contributed by atoms with van der Waals surface area (Å²) < 4.78 is 5.65. The molecule has 0 aliphatic rings. The summed E-state index contributed by atoms with van der Waals surface area (Å²) in [5, 5.41) is 16.6. The minimum absolute atomic E-state index is 0.137. The summed E-state index contributed by atoms with van der Waals surface area (Å²) in [4.78, 5) is 35.5. The predicted octanol–water partition coefficient (Wildman–Crippen LogP) is -0.874. The second-order valence-electron chi connectivity index (χ2n) is 4.92. The Morgan fingerprint density at radius 1 is 1.35 bits per heavy atom. The first-order valence-electron chi connectivity index (χ1n) is 6.91. The zero-order chi connectivity index (χ0) is 17.0. The van der Waals surface area contributed by atoms with E-state index in [4.69, 9.17) is 5.11 Å². The van der Waals surface area contributed by atoms with Crippen LogP contribution < -0.4 is 10.9 Å². The van der Waals surface area contributed by atoms with E-state index in [9.17, 15) is 14.4 Å². The van der Waals surface area contributed by atoms with Crippen LogP contribution in [0.15, 0.2) is 29.1 Å². The van der Waals surface area contributed by atoms with Gasteiger partial charge >= 0.3 is 5.97 Å². The van der Waals surface area contributed by atoms with Gasteiger partial charge in [0.25, 0.3) is 5.56 Å². The van der Waals surface area contributed by atoms with Crippen LogP contribution in [0.3, 0.4) is 0 Å². The fourth-order valence-electron chi connectivity index (χ4n) is 2.23. The standard InChI is InChI=1S/C15H17N3O5/c1-18-14(21)10-6-4-3-5-9(10)11(17-18)7-13(20)16-12(8-19)15(22)23-2/h3-6,12,19H,7-8H2,1-2H3,(H,16,20)/t12-/m1/s1. The molecule has 2 N–H and O–H groups in total. The van der Waals surface area contributed by atoms with Crippen molar-refractivity contribution in [3.8, 4) is 0 Å². The van der Waals surface area contributed by atoms with E-state index in [1.54, 1.807) is 24.3 Å². The van der Waals surface area contributed by atoms with E-state index in [1.165, 1.54) is 14.2 Å². The first-order chi connectivity index (χ1) is 11.0. The minimum atomic E-state index is -1.13. The zero-order valence-electron chi connectivity index (χ0n) is 12.8. The number of aliphatic hydroxyl groups is 1. The molecule has 23 heavy (non-hydrogen) atoms. The Morgan fingerprint density at radius 3 is 2.61 bits per heavy atom. The van der Waals surface area contributed by atoms with Crippen LogP contribution in [0.5, 0.6) is 0 Å². The molecule has 1 amide bonds. The number of hydrogen-bond acceptors (Lipinski definition) is 6. The van der Waals surface area contributed by atoms with Crippen molar-refractivity contribution in [3.63, 3.8) is 0 Å². The van der Waals surface area contributed by atoms with Crippen molar-refractivity contribution in [3.05, 3.63) is 40.3 Å². The maximum Gasteiger partial charge on any atom is 0.330 e. The van der Waals surface area contributed by atoms with Gasteiger partial charge in [0.15, 0.2) is 6.04 Å². The summed E-state index contributed by atoms with van der Waals surface area (Å²) in [6, 6.07) is 5.70. The van der Waals surface area contributed by atoms with Crippen molar-refractivity contribution in [2.45, 2.75) is 12.5 Å². The van der Waals surface area contributed by atoms with Crippen LogP contribution in [0, 0.1) is 0 Å². The lowest BCUT2D eigenvalue weighted by Crippen LogP contribution is -2.44. The van der Waals surface area contributed by atoms with Crippen molar-refractivity contribution in [2.75, 3.05) is 13.7 Å². The molecule has 8 nitrogen and oxygen atoms in total. The average Bonchev–Trinajstić information content (AvgIpc) is 2.56. The highest BCUT2D eigenvalue weighted by Crippen LogP contribution is 2.13. The zero-order valence-corrected chi connectivity index (χ0v) is 12.8. The van der Waals surface area contributed by atoms with Crippen molar-refractivity contribution in [1.82, 2.24) is 15.1 Å². The van der Waals surface area contributed by atoms with Gasteiger partial charge in [-0.1, -0.05) is 18.2 Å². The molecule has 8 heteroatoms. The summed E-state index contributed by atoms with van der Waals surface area (Å²) in [6.45, 7) is -0.570. The van der Waals surface area contributed by atoms with Crippen molar-refractivity contribution in [2.24, 2.45) is 7.05 Å². The largest absolute Gasteiger partial charge is 0.467 e. The summed E-state index contributed by atoms with van der Waals surface area (Å²) in [5.41, 5.74) is 0.148. The van der Waals surface area contributed by atoms with E-state index in [2.05, 4.69) is 15.2 Å². The number of aryl methyl sites for hydroxylation is 1. The van der Waals surface area contributed by atoms with E-state index in [1.807, 2.05) is 0 Å². The number of ether oxygens (including phenoxy) is 1. The van der Waals surface area contributed by atoms with Gasteiger partial charge in [-0.2, -0.15) is 5.10 Å². The maximum atomic E-state index is 12.1. The number of esters is 1. The third-order valence-electron chi connectivity index (χ3n) is 3.36. The van der Waals surface area contributed by atoms with Gasteiger partial charge in [0.1, 0.15) is 0 Å². The molecule has 2 aromatic rings. The first kappa shape index (κ1) is 16.6. The van der Waals surface area contributed by atoms with Gasteiger partial charge < -0.3 is 15.2 Å². The lowest BCUT2D eigenvalue weighted by Gasteiger charge is -2.14. The number of nitrogens with zero attached hydrogens (tertiary/aromatic N) is 2. The van der Waals surface area contributed by atoms with Gasteiger partial charge in [-0.25, -0.2) is 9.48 Å². The molecular formula is C15H17N3O5. The summed E-state index contributed by atoms with van der Waals surface area (Å²) in [5.74, 6) is -1.25. The Bertz CT molecular complexity index is 799. The van der Waals surface area contributed by atoms with Crippen molar-refractivity contribution >= 4 is 22.6 Å². The fourth-order valence-corrected chi connectivity index (χ4v) is 2.23. The molecule has 2 rings (SSSR count). The van der Waals surface area contributed by atoms with Gasteiger partial charge in [-0.3, -0.25) is 9.59 Å². The molecule has 0 radical (unpaired) electrons. The molecule has 0 saturated heterocycles. The summed E-state index contributed by atoms with van der Waals surface area (Å²) >= 11 is 0. The molecule has 0 aliphatic carbocycles. The highest BCUT2D eigenvalue weighted by molar-refractivity contribution is 5.90. The number of carbonyl (C=O) groups is 2. The third-order valence-corrected chi connectivity index (χ3v) is 3.36. The summed E-state index contributed by atoms with van der Waals surface area (Å²) in [6.07, 6.45) is -0.137. The average molecular weight is 319 g/mol. The molecule has 0 unspecified atom stereocenters. The third kappa shape index (κ3) is 3.54. The molecule has 1 heterocycles. The Kier molecular flexibility index (Phi) is 5.07. The molecule has 0 saturated carbocycles. The molecule has 122 valence electrons. The van der Waals surface area contributed by atoms with E-state index in [-0.39, 0.29) is 12.0 Å². The number of carbonyl (C=O) groups excluding carboxylic acids is 2. The van der Waals surface area contributed by atoms with Crippen molar-refractivity contribution < 1.29 is 19.4 Å². The quantitative estimate of drug-likeness (QED) is 0.693. The number of benzene rings is 1. The Balaban J connectivity index is 2.28. The van der Waals surface area contributed by atoms with Gasteiger partial charge in [-0.15, -0.1) is 0 Å². The number of rotatable bonds is 5. The molecule has 0 spiro atoms. The molecule has 1 aromatic carbocycles. The predicted molar refractivity (Wildman–Crippen MR) is 81.7 cm³/mol. The molecule has 0 bridgehead atoms. The molecule has 0 aliphatic heterocycles. The highest BCUT2D eigenvalue weighted by atomic mass is 16.5. The molecule has 0 fully saturated rings. The number of nitrogens with one attached hydrogen (secondary N) is 1. The van der Waals surface area contributed by atoms with Gasteiger partial charge in [0, 0.05) is 12.4 Å². The van der Waals surface area contributed by atoms with E-state index < -0.39 is 24.5 Å². The number of methoxy groups -OCH3 is 1. The minimum Gasteiger partial charge on any atom is -0.467 e. The molecule has 1 aromatic heterocycles. The Morgan fingerprint density at radius 2 is 2.00 bits per heavy atom. The van der Waals surface area contributed by atoms with Crippen LogP contribution in [-0.2, 0) is 27.8 Å². The highest BCUT2D eigenvalue weighted by Gasteiger charge is 2.21. The number of amides is 1. The Hall–Kier alpha value is -2.74. The number of aliphatic hydroxyl groups excluding tert-OH is 1. The van der Waals surface area contributed by atoms with Gasteiger partial charge in [0.2, 0.25) is 5.91 Å². The number of fused-ring (bicyclic) bond motifs is 1. The smallest absolute Gasteiger partial charge is 0.330 e. The van der Waals surface area contributed by atoms with E-state index >= 15 is 0 Å². The monoisotopic (exact) mass is 319 g/mol. The number of aromatic nitrogens is 2. The van der Waals surface area contributed by atoms with Crippen LogP contribution >= 0.6 is 0 Å². The van der Waals surface area contributed by atoms with Crippen LogP contribution in [0.4, 0.5) is 0 Å². The fraction of sp³-hybridized carbons (Fsp3) is 0.333. The summed E-state index contributed by atoms with van der Waals surface area (Å²) in [7, 11) is 2.67. The molecule has 1 atom stereocenters. The van der Waals surface area contributed by atoms with Gasteiger partial charge in [-0.05, 0) is 6.07 Å². The van der Waals surface area contributed by atoms with Gasteiger partial charge in [0.05, 0.1) is 31.2 Å². The van der Waals surface area contributed by atoms with Crippen molar-refractivity contribution in [1.29, 1.82) is 0 Å². The molecular weight excluding hydrogens is 302 g/mol. The maximum absolute atomic E-state index is 12.1. The van der Waals surface area contributed by atoms with E-state index in [0.717, 1.165) is 4.68 Å². The van der Waals surface area contributed by atoms with E-state index in [0.29, 0.717) is 16.5 Å². The lowest BCUT2D eigenvalue weighted by atomic mass is 10.1. The topological polar surface area (TPSA) is 111 Å². The normalized spacial score (nSPS) is 12.0. The van der Waals surface area contributed by atoms with Crippen LogP contribution in [0.2, 0.25) is 0 Å². The number of hydrogen-bond donors (Lipinski definition) is 2. The SMILES string of the molecule is COC(=O)[C@@H](CO)NC(=O)Cc1nn(C)c(=O)c2ccccc12. The lowest BCUT2D eigenvalue weighted by molar-refractivity contribution is -0.146. The van der Waals surface area contributed by atoms with Crippen LogP contribution in [0.1, 0.15) is 5.69 Å². The second kappa shape index (κ2) is 7.01.